The maximum absolute atomic E-state index is 12.8. The third-order valence-electron chi connectivity index (χ3n) is 5.53. The van der Waals surface area contributed by atoms with Crippen LogP contribution in [0.4, 0.5) is 0 Å². The van der Waals surface area contributed by atoms with Crippen LogP contribution in [0.1, 0.15) is 54.2 Å². The molecule has 7 nitrogen and oxygen atoms in total. The number of esters is 1. The van der Waals surface area contributed by atoms with Crippen molar-refractivity contribution in [3.05, 3.63) is 64.2 Å². The SMILES string of the molecule is CCN(CC)S(=O)(=O)c1cc(C(=O)OCC(=O)NC2CCCc3ccccc32)ccc1Cl. The van der Waals surface area contributed by atoms with Gasteiger partial charge in [0.25, 0.3) is 5.91 Å². The molecule has 2 aromatic carbocycles. The lowest BCUT2D eigenvalue weighted by atomic mass is 9.88. The van der Waals surface area contributed by atoms with Gasteiger partial charge in [0, 0.05) is 13.1 Å². The van der Waals surface area contributed by atoms with Gasteiger partial charge in [-0.3, -0.25) is 4.79 Å². The predicted molar refractivity (Wildman–Crippen MR) is 122 cm³/mol. The smallest absolute Gasteiger partial charge is 0.338 e. The standard InChI is InChI=1S/C23H27ClN2O5S/c1-3-26(4-2)32(29,30)21-14-17(12-13-19(21)24)23(28)31-15-22(27)25-20-11-7-9-16-8-5-6-10-18(16)20/h5-6,8,10,12-14,20H,3-4,7,9,11,15H2,1-2H3,(H,25,27). The van der Waals surface area contributed by atoms with Crippen molar-refractivity contribution in [3.8, 4) is 0 Å². The monoisotopic (exact) mass is 478 g/mol. The zero-order valence-corrected chi connectivity index (χ0v) is 19.7. The van der Waals surface area contributed by atoms with Crippen LogP contribution in [0.25, 0.3) is 0 Å². The van der Waals surface area contributed by atoms with Gasteiger partial charge in [0.1, 0.15) is 4.90 Å². The molecule has 0 fully saturated rings. The number of amides is 1. The van der Waals surface area contributed by atoms with Gasteiger partial charge >= 0.3 is 5.97 Å². The summed E-state index contributed by atoms with van der Waals surface area (Å²) in [6, 6.07) is 11.8. The van der Waals surface area contributed by atoms with Crippen LogP contribution in [0.5, 0.6) is 0 Å². The number of sulfonamides is 1. The first kappa shape index (κ1) is 24.2. The Bertz CT molecular complexity index is 1100. The highest BCUT2D eigenvalue weighted by molar-refractivity contribution is 7.89. The maximum atomic E-state index is 12.8. The molecule has 0 spiro atoms. The number of ether oxygens (including phenoxy) is 1. The van der Waals surface area contributed by atoms with Crippen molar-refractivity contribution < 1.29 is 22.7 Å². The van der Waals surface area contributed by atoms with Crippen molar-refractivity contribution >= 4 is 33.5 Å². The van der Waals surface area contributed by atoms with E-state index in [1.807, 2.05) is 18.2 Å². The fourth-order valence-corrected chi connectivity index (χ4v) is 5.84. The first-order chi connectivity index (χ1) is 15.3. The molecule has 3 rings (SSSR count). The van der Waals surface area contributed by atoms with E-state index < -0.39 is 28.5 Å². The van der Waals surface area contributed by atoms with Gasteiger partial charge in [-0.1, -0.05) is 49.7 Å². The Labute approximate surface area is 193 Å². The molecule has 32 heavy (non-hydrogen) atoms. The minimum absolute atomic E-state index is 0.0101. The van der Waals surface area contributed by atoms with Crippen LogP contribution in [0, 0.1) is 0 Å². The normalized spacial score (nSPS) is 15.8. The zero-order chi connectivity index (χ0) is 23.3. The third-order valence-corrected chi connectivity index (χ3v) is 8.06. The van der Waals surface area contributed by atoms with Crippen LogP contribution in [-0.4, -0.2) is 44.3 Å². The summed E-state index contributed by atoms with van der Waals surface area (Å²) in [7, 11) is -3.85. The highest BCUT2D eigenvalue weighted by atomic mass is 35.5. The first-order valence-electron chi connectivity index (χ1n) is 10.6. The van der Waals surface area contributed by atoms with E-state index >= 15 is 0 Å². The van der Waals surface area contributed by atoms with Crippen LogP contribution >= 0.6 is 11.6 Å². The number of hydrogen-bond acceptors (Lipinski definition) is 5. The number of carbonyl (C=O) groups excluding carboxylic acids is 2. The Morgan fingerprint density at radius 1 is 1.16 bits per heavy atom. The van der Waals surface area contributed by atoms with Crippen LogP contribution < -0.4 is 5.32 Å². The van der Waals surface area contributed by atoms with E-state index in [-0.39, 0.29) is 34.6 Å². The summed E-state index contributed by atoms with van der Waals surface area (Å²) in [4.78, 5) is 24.7. The Hall–Kier alpha value is -2.42. The van der Waals surface area contributed by atoms with Gasteiger partial charge in [0.15, 0.2) is 6.61 Å². The predicted octanol–water partition coefficient (Wildman–Crippen LogP) is 3.72. The Balaban J connectivity index is 1.66. The number of benzene rings is 2. The molecule has 1 N–H and O–H groups in total. The van der Waals surface area contributed by atoms with Crippen molar-refractivity contribution in [1.82, 2.24) is 9.62 Å². The van der Waals surface area contributed by atoms with E-state index in [1.165, 1.54) is 28.1 Å². The zero-order valence-electron chi connectivity index (χ0n) is 18.1. The summed E-state index contributed by atoms with van der Waals surface area (Å²) >= 11 is 6.10. The minimum Gasteiger partial charge on any atom is -0.452 e. The van der Waals surface area contributed by atoms with Crippen LogP contribution in [0.3, 0.4) is 0 Å². The van der Waals surface area contributed by atoms with Gasteiger partial charge in [-0.05, 0) is 48.6 Å². The lowest BCUT2D eigenvalue weighted by Crippen LogP contribution is -2.34. The van der Waals surface area contributed by atoms with Gasteiger partial charge in [0.2, 0.25) is 10.0 Å². The number of halogens is 1. The second kappa shape index (κ2) is 10.5. The van der Waals surface area contributed by atoms with Crippen molar-refractivity contribution in [2.24, 2.45) is 0 Å². The quantitative estimate of drug-likeness (QED) is 0.583. The van der Waals surface area contributed by atoms with Gasteiger partial charge in [-0.25, -0.2) is 13.2 Å². The number of carbonyl (C=O) groups is 2. The molecule has 0 aliphatic heterocycles. The first-order valence-corrected chi connectivity index (χ1v) is 12.4. The van der Waals surface area contributed by atoms with Crippen LogP contribution in [-0.2, 0) is 26.0 Å². The number of aryl methyl sites for hydroxylation is 1. The molecule has 0 saturated heterocycles. The molecule has 172 valence electrons. The lowest BCUT2D eigenvalue weighted by Gasteiger charge is -2.26. The van der Waals surface area contributed by atoms with E-state index in [0.29, 0.717) is 0 Å². The molecule has 0 radical (unpaired) electrons. The largest absolute Gasteiger partial charge is 0.452 e. The van der Waals surface area contributed by atoms with Gasteiger partial charge in [0.05, 0.1) is 16.6 Å². The van der Waals surface area contributed by atoms with E-state index in [1.54, 1.807) is 13.8 Å². The molecule has 2 aromatic rings. The van der Waals surface area contributed by atoms with Crippen molar-refractivity contribution in [1.29, 1.82) is 0 Å². The number of fused-ring (bicyclic) bond motifs is 1. The minimum atomic E-state index is -3.85. The molecule has 0 aromatic heterocycles. The molecular formula is C23H27ClN2O5S. The second-order valence-electron chi connectivity index (χ2n) is 7.52. The summed E-state index contributed by atoms with van der Waals surface area (Å²) < 4.78 is 32.0. The van der Waals surface area contributed by atoms with Crippen molar-refractivity contribution in [2.75, 3.05) is 19.7 Å². The van der Waals surface area contributed by atoms with E-state index in [2.05, 4.69) is 11.4 Å². The third kappa shape index (κ3) is 5.31. The molecule has 1 atom stereocenters. The highest BCUT2D eigenvalue weighted by Gasteiger charge is 2.26. The van der Waals surface area contributed by atoms with Gasteiger partial charge < -0.3 is 10.1 Å². The van der Waals surface area contributed by atoms with E-state index in [9.17, 15) is 18.0 Å². The van der Waals surface area contributed by atoms with Crippen molar-refractivity contribution in [2.45, 2.75) is 44.0 Å². The number of nitrogens with zero attached hydrogens (tertiary/aromatic N) is 1. The van der Waals surface area contributed by atoms with Crippen molar-refractivity contribution in [3.63, 3.8) is 0 Å². The summed E-state index contributed by atoms with van der Waals surface area (Å²) in [5, 5.41) is 2.93. The molecule has 9 heteroatoms. The van der Waals surface area contributed by atoms with Gasteiger partial charge in [-0.15, -0.1) is 0 Å². The molecule has 1 aliphatic rings. The van der Waals surface area contributed by atoms with Crippen LogP contribution in [0.15, 0.2) is 47.4 Å². The topological polar surface area (TPSA) is 92.8 Å². The Morgan fingerprint density at radius 2 is 1.88 bits per heavy atom. The summed E-state index contributed by atoms with van der Waals surface area (Å²) in [6.07, 6.45) is 2.77. The molecule has 0 bridgehead atoms. The van der Waals surface area contributed by atoms with E-state index in [4.69, 9.17) is 16.3 Å². The summed E-state index contributed by atoms with van der Waals surface area (Å²) in [5.41, 5.74) is 2.31. The van der Waals surface area contributed by atoms with Crippen LogP contribution in [0.2, 0.25) is 5.02 Å². The lowest BCUT2D eigenvalue weighted by molar-refractivity contribution is -0.125. The van der Waals surface area contributed by atoms with E-state index in [0.717, 1.165) is 24.8 Å². The molecule has 1 aliphatic carbocycles. The molecule has 0 saturated carbocycles. The van der Waals surface area contributed by atoms with Gasteiger partial charge in [-0.2, -0.15) is 4.31 Å². The summed E-state index contributed by atoms with van der Waals surface area (Å²) in [6.45, 7) is 3.52. The number of hydrogen-bond donors (Lipinski definition) is 1. The average molecular weight is 479 g/mol. The molecule has 0 heterocycles. The molecule has 1 unspecified atom stereocenters. The highest BCUT2D eigenvalue weighted by Crippen LogP contribution is 2.29. The summed E-state index contributed by atoms with van der Waals surface area (Å²) in [5.74, 6) is -1.21. The maximum Gasteiger partial charge on any atom is 0.338 e. The molecular weight excluding hydrogens is 452 g/mol. The number of rotatable bonds is 8. The Kier molecular flexibility index (Phi) is 7.92. The number of nitrogens with one attached hydrogen (secondary N) is 1. The average Bonchev–Trinajstić information content (AvgIpc) is 2.78. The second-order valence-corrected chi connectivity index (χ2v) is 9.84. The Morgan fingerprint density at radius 3 is 2.59 bits per heavy atom. The fourth-order valence-electron chi connectivity index (χ4n) is 3.88. The fraction of sp³-hybridized carbons (Fsp3) is 0.391. The molecule has 1 amide bonds.